The lowest BCUT2D eigenvalue weighted by Gasteiger charge is -2.40. The molecule has 4 rings (SSSR count). The summed E-state index contributed by atoms with van der Waals surface area (Å²) < 4.78 is 17.0. The van der Waals surface area contributed by atoms with Gasteiger partial charge >= 0.3 is 0 Å². The average molecular weight is 402 g/mol. The smallest absolute Gasteiger partial charge is 0.123 e. The third-order valence-electron chi connectivity index (χ3n) is 5.63. The van der Waals surface area contributed by atoms with Crippen LogP contribution in [0.3, 0.4) is 0 Å². The summed E-state index contributed by atoms with van der Waals surface area (Å²) in [4.78, 5) is 0. The van der Waals surface area contributed by atoms with Gasteiger partial charge in [0.2, 0.25) is 0 Å². The normalized spacial score (nSPS) is 31.2. The van der Waals surface area contributed by atoms with Gasteiger partial charge in [0, 0.05) is 11.5 Å². The molecule has 2 heterocycles. The molecule has 29 heavy (non-hydrogen) atoms. The summed E-state index contributed by atoms with van der Waals surface area (Å²) in [6, 6.07) is 13.4. The summed E-state index contributed by atoms with van der Waals surface area (Å²) in [5, 5.41) is 40.0. The van der Waals surface area contributed by atoms with Crippen LogP contribution in [0.5, 0.6) is 11.5 Å². The molecule has 7 nitrogen and oxygen atoms in total. The topological polar surface area (TPSA) is 109 Å². The van der Waals surface area contributed by atoms with E-state index in [9.17, 15) is 20.4 Å². The van der Waals surface area contributed by atoms with Crippen molar-refractivity contribution in [1.82, 2.24) is 0 Å². The molecule has 2 aliphatic rings. The Morgan fingerprint density at radius 3 is 2.38 bits per heavy atom. The van der Waals surface area contributed by atoms with Crippen molar-refractivity contribution in [3.63, 3.8) is 0 Å². The van der Waals surface area contributed by atoms with E-state index in [1.54, 1.807) is 6.07 Å². The van der Waals surface area contributed by atoms with E-state index in [2.05, 4.69) is 0 Å². The van der Waals surface area contributed by atoms with Gasteiger partial charge in [0.15, 0.2) is 0 Å². The zero-order valence-corrected chi connectivity index (χ0v) is 16.1. The Morgan fingerprint density at radius 2 is 1.69 bits per heavy atom. The molecule has 2 aromatic rings. The number of aliphatic hydroxyl groups is 4. The first kappa shape index (κ1) is 20.1. The third kappa shape index (κ3) is 3.72. The lowest BCUT2D eigenvalue weighted by Crippen LogP contribution is -2.55. The second-order valence-electron chi connectivity index (χ2n) is 7.41. The van der Waals surface area contributed by atoms with Crippen LogP contribution in [0.25, 0.3) is 0 Å². The predicted molar refractivity (Wildman–Crippen MR) is 104 cm³/mol. The van der Waals surface area contributed by atoms with E-state index in [1.807, 2.05) is 43.3 Å². The van der Waals surface area contributed by atoms with Gasteiger partial charge in [0.1, 0.15) is 42.0 Å². The lowest BCUT2D eigenvalue weighted by molar-refractivity contribution is -0.231. The first-order valence-electron chi connectivity index (χ1n) is 9.83. The minimum atomic E-state index is -1.41. The largest absolute Gasteiger partial charge is 0.494 e. The van der Waals surface area contributed by atoms with E-state index >= 15 is 0 Å². The summed E-state index contributed by atoms with van der Waals surface area (Å²) in [5.74, 6) is 1.59. The molecule has 0 aliphatic carbocycles. The second-order valence-corrected chi connectivity index (χ2v) is 7.41. The lowest BCUT2D eigenvalue weighted by atomic mass is 9.87. The number of benzene rings is 2. The highest BCUT2D eigenvalue weighted by atomic mass is 16.5. The van der Waals surface area contributed by atoms with Crippen molar-refractivity contribution in [3.05, 3.63) is 59.2 Å². The van der Waals surface area contributed by atoms with Crippen LogP contribution in [-0.4, -0.2) is 64.7 Å². The number of hydrogen-bond donors (Lipinski definition) is 4. The summed E-state index contributed by atoms with van der Waals surface area (Å²) in [5.41, 5.74) is 2.70. The molecular weight excluding hydrogens is 376 g/mol. The van der Waals surface area contributed by atoms with Crippen molar-refractivity contribution in [2.45, 2.75) is 43.4 Å². The zero-order valence-electron chi connectivity index (χ0n) is 16.1. The first-order valence-corrected chi connectivity index (χ1v) is 9.83. The Hall–Kier alpha value is -2.16. The van der Waals surface area contributed by atoms with Crippen molar-refractivity contribution in [2.75, 3.05) is 19.8 Å². The molecule has 4 N–H and O–H groups in total. The summed E-state index contributed by atoms with van der Waals surface area (Å²) in [6.45, 7) is 2.60. The van der Waals surface area contributed by atoms with Gasteiger partial charge in [-0.1, -0.05) is 18.2 Å². The van der Waals surface area contributed by atoms with Gasteiger partial charge in [-0.2, -0.15) is 0 Å². The maximum absolute atomic E-state index is 10.4. The second kappa shape index (κ2) is 8.30. The van der Waals surface area contributed by atoms with Crippen molar-refractivity contribution >= 4 is 0 Å². The van der Waals surface area contributed by atoms with Crippen molar-refractivity contribution < 1.29 is 34.6 Å². The van der Waals surface area contributed by atoms with Gasteiger partial charge in [0.05, 0.1) is 19.8 Å². The molecule has 2 unspecified atom stereocenters. The molecule has 0 spiro atoms. The summed E-state index contributed by atoms with van der Waals surface area (Å²) >= 11 is 0. The van der Waals surface area contributed by atoms with Crippen LogP contribution < -0.4 is 9.47 Å². The van der Waals surface area contributed by atoms with Crippen LogP contribution in [0.1, 0.15) is 35.6 Å². The molecule has 1 saturated heterocycles. The standard InChI is InChI=1S/C22H26O7/c1-2-27-14-6-3-12(4-7-14)16-11-28-17-8-5-13(9-15(16)17)22-21(26)20(25)19(24)18(10-23)29-22/h3-9,16,18-26H,2,10-11H2,1H3/t16?,18-,19-,20+,21?,22+/m1/s1. The van der Waals surface area contributed by atoms with E-state index in [4.69, 9.17) is 14.2 Å². The van der Waals surface area contributed by atoms with Gasteiger partial charge in [-0.05, 0) is 42.3 Å². The molecule has 1 fully saturated rings. The quantitative estimate of drug-likeness (QED) is 0.594. The summed E-state index contributed by atoms with van der Waals surface area (Å²) in [7, 11) is 0. The number of fused-ring (bicyclic) bond motifs is 1. The minimum absolute atomic E-state index is 0.0190. The number of ether oxygens (including phenoxy) is 3. The minimum Gasteiger partial charge on any atom is -0.494 e. The Bertz CT molecular complexity index is 836. The molecule has 0 amide bonds. The number of hydrogen-bond acceptors (Lipinski definition) is 7. The number of aliphatic hydroxyl groups excluding tert-OH is 4. The Balaban J connectivity index is 1.62. The summed E-state index contributed by atoms with van der Waals surface area (Å²) in [6.07, 6.45) is -5.89. The highest BCUT2D eigenvalue weighted by Crippen LogP contribution is 2.42. The molecular formula is C22H26O7. The maximum atomic E-state index is 10.4. The van der Waals surface area contributed by atoms with Crippen LogP contribution in [0.2, 0.25) is 0 Å². The van der Waals surface area contributed by atoms with E-state index in [0.29, 0.717) is 18.8 Å². The van der Waals surface area contributed by atoms with E-state index in [-0.39, 0.29) is 5.92 Å². The Kier molecular flexibility index (Phi) is 5.76. The highest BCUT2D eigenvalue weighted by Gasteiger charge is 2.44. The predicted octanol–water partition coefficient (Wildman–Crippen LogP) is 1.12. The fraction of sp³-hybridized carbons (Fsp3) is 0.455. The van der Waals surface area contributed by atoms with Crippen LogP contribution in [0, 0.1) is 0 Å². The first-order chi connectivity index (χ1) is 14.0. The molecule has 0 aromatic heterocycles. The molecule has 0 saturated carbocycles. The average Bonchev–Trinajstić information content (AvgIpc) is 3.16. The molecule has 2 aromatic carbocycles. The van der Waals surface area contributed by atoms with E-state index < -0.39 is 37.1 Å². The van der Waals surface area contributed by atoms with Gasteiger partial charge in [-0.3, -0.25) is 0 Å². The van der Waals surface area contributed by atoms with Crippen molar-refractivity contribution in [3.8, 4) is 11.5 Å². The van der Waals surface area contributed by atoms with Gasteiger partial charge in [-0.15, -0.1) is 0 Å². The Labute approximate surface area is 169 Å². The van der Waals surface area contributed by atoms with Gasteiger partial charge in [-0.25, -0.2) is 0 Å². The van der Waals surface area contributed by atoms with Crippen LogP contribution >= 0.6 is 0 Å². The maximum Gasteiger partial charge on any atom is 0.123 e. The molecule has 156 valence electrons. The van der Waals surface area contributed by atoms with E-state index in [0.717, 1.165) is 22.6 Å². The van der Waals surface area contributed by atoms with Crippen LogP contribution in [0.4, 0.5) is 0 Å². The molecule has 6 atom stereocenters. The van der Waals surface area contributed by atoms with Gasteiger partial charge in [0.25, 0.3) is 0 Å². The van der Waals surface area contributed by atoms with Crippen LogP contribution in [0.15, 0.2) is 42.5 Å². The molecule has 7 heteroatoms. The molecule has 0 bridgehead atoms. The van der Waals surface area contributed by atoms with Crippen LogP contribution in [-0.2, 0) is 4.74 Å². The zero-order chi connectivity index (χ0) is 20.5. The highest BCUT2D eigenvalue weighted by molar-refractivity contribution is 5.49. The monoisotopic (exact) mass is 402 g/mol. The fourth-order valence-electron chi connectivity index (χ4n) is 4.03. The van der Waals surface area contributed by atoms with E-state index in [1.165, 1.54) is 0 Å². The van der Waals surface area contributed by atoms with Crippen molar-refractivity contribution in [1.29, 1.82) is 0 Å². The SMILES string of the molecule is CCOc1ccc(C2COc3ccc([C@@H]4O[C@H](CO)[C@@H](O)[C@H](O)C4O)cc32)cc1. The van der Waals surface area contributed by atoms with Crippen molar-refractivity contribution in [2.24, 2.45) is 0 Å². The molecule has 2 aliphatic heterocycles. The number of rotatable bonds is 5. The fourth-order valence-corrected chi connectivity index (χ4v) is 4.03. The Morgan fingerprint density at radius 1 is 0.966 bits per heavy atom. The molecule has 0 radical (unpaired) electrons. The third-order valence-corrected chi connectivity index (χ3v) is 5.63. The van der Waals surface area contributed by atoms with Gasteiger partial charge < -0.3 is 34.6 Å².